The van der Waals surface area contributed by atoms with Crippen molar-refractivity contribution in [3.8, 4) is 11.1 Å². The average molecular weight is 507 g/mol. The van der Waals surface area contributed by atoms with Gasteiger partial charge in [0.1, 0.15) is 11.6 Å². The minimum Gasteiger partial charge on any atom is -0.380 e. The van der Waals surface area contributed by atoms with Crippen molar-refractivity contribution in [3.05, 3.63) is 82.9 Å². The molecule has 6 nitrogen and oxygen atoms in total. The summed E-state index contributed by atoms with van der Waals surface area (Å²) in [5.74, 6) is -2.30. The number of hydrogen-bond acceptors (Lipinski definition) is 4. The van der Waals surface area contributed by atoms with Crippen LogP contribution in [0.4, 0.5) is 14.5 Å². The van der Waals surface area contributed by atoms with E-state index >= 15 is 0 Å². The van der Waals surface area contributed by atoms with Crippen LogP contribution in [0, 0.1) is 11.6 Å². The molecule has 10 heteroatoms. The Balaban J connectivity index is 1.65. The molecule has 3 aromatic carbocycles. The highest BCUT2D eigenvalue weighted by Crippen LogP contribution is 2.30. The minimum absolute atomic E-state index is 0.0262. The molecule has 0 bridgehead atoms. The molecule has 1 fully saturated rings. The second-order valence-electron chi connectivity index (χ2n) is 7.86. The Morgan fingerprint density at radius 1 is 1.09 bits per heavy atom. The number of rotatable bonds is 6. The van der Waals surface area contributed by atoms with E-state index in [0.29, 0.717) is 31.1 Å². The molecule has 1 aliphatic heterocycles. The van der Waals surface area contributed by atoms with Crippen molar-refractivity contribution >= 4 is 33.2 Å². The van der Waals surface area contributed by atoms with Crippen LogP contribution in [0.3, 0.4) is 0 Å². The lowest BCUT2D eigenvalue weighted by atomic mass is 10.0. The smallest absolute Gasteiger partial charge is 0.262 e. The van der Waals surface area contributed by atoms with Gasteiger partial charge in [0.15, 0.2) is 0 Å². The molecule has 0 unspecified atom stereocenters. The molecule has 1 amide bonds. The third-order valence-electron chi connectivity index (χ3n) is 5.58. The molecule has 0 saturated carbocycles. The molecular weight excluding hydrogens is 486 g/mol. The standard InChI is InChI=1S/C24H21ClF2N2O4S/c1-33-18-7-8-29(14-18)24(30)16-9-17(25)11-19(10-16)34(31,32)28-23-12-20(21(26)13-22(23)27)15-5-3-2-4-6-15/h2-6,9-13,18,28H,7-8,14H2,1H3/t18-/m0/s1. The predicted molar refractivity (Wildman–Crippen MR) is 125 cm³/mol. The van der Waals surface area contributed by atoms with Crippen LogP contribution in [-0.4, -0.2) is 45.5 Å². The van der Waals surface area contributed by atoms with E-state index in [1.165, 1.54) is 12.1 Å². The van der Waals surface area contributed by atoms with Gasteiger partial charge in [-0.25, -0.2) is 17.2 Å². The number of likely N-dealkylation sites (tertiary alicyclic amines) is 1. The van der Waals surface area contributed by atoms with Crippen LogP contribution in [-0.2, 0) is 14.8 Å². The third-order valence-corrected chi connectivity index (χ3v) is 7.14. The molecule has 178 valence electrons. The molecule has 1 saturated heterocycles. The number of nitrogens with one attached hydrogen (secondary N) is 1. The summed E-state index contributed by atoms with van der Waals surface area (Å²) < 4.78 is 62.4. The van der Waals surface area contributed by atoms with Gasteiger partial charge in [-0.15, -0.1) is 0 Å². The summed E-state index contributed by atoms with van der Waals surface area (Å²) in [4.78, 5) is 14.1. The largest absolute Gasteiger partial charge is 0.380 e. The lowest BCUT2D eigenvalue weighted by Gasteiger charge is -2.17. The van der Waals surface area contributed by atoms with E-state index in [1.807, 2.05) is 0 Å². The topological polar surface area (TPSA) is 75.7 Å². The number of benzene rings is 3. The fourth-order valence-corrected chi connectivity index (χ4v) is 5.23. The number of sulfonamides is 1. The van der Waals surface area contributed by atoms with Gasteiger partial charge in [0.2, 0.25) is 0 Å². The van der Waals surface area contributed by atoms with Crippen LogP contribution in [0.2, 0.25) is 5.02 Å². The quantitative estimate of drug-likeness (QED) is 0.513. The van der Waals surface area contributed by atoms with Crippen LogP contribution < -0.4 is 4.72 Å². The van der Waals surface area contributed by atoms with E-state index in [2.05, 4.69) is 4.72 Å². The van der Waals surface area contributed by atoms with E-state index in [1.54, 1.807) is 42.3 Å². The van der Waals surface area contributed by atoms with Gasteiger partial charge in [-0.2, -0.15) is 0 Å². The lowest BCUT2D eigenvalue weighted by molar-refractivity contribution is 0.0724. The molecule has 0 radical (unpaired) electrons. The minimum atomic E-state index is -4.36. The fourth-order valence-electron chi connectivity index (χ4n) is 3.80. The molecule has 1 atom stereocenters. The summed E-state index contributed by atoms with van der Waals surface area (Å²) in [6, 6.07) is 13.8. The highest BCUT2D eigenvalue weighted by atomic mass is 35.5. The first kappa shape index (κ1) is 24.1. The van der Waals surface area contributed by atoms with Crippen molar-refractivity contribution in [1.29, 1.82) is 0 Å². The Morgan fingerprint density at radius 2 is 1.82 bits per heavy atom. The van der Waals surface area contributed by atoms with E-state index < -0.39 is 33.3 Å². The number of methoxy groups -OCH3 is 1. The normalized spacial score (nSPS) is 16.0. The number of nitrogens with zero attached hydrogens (tertiary/aromatic N) is 1. The first-order valence-corrected chi connectivity index (χ1v) is 12.2. The maximum absolute atomic E-state index is 14.5. The molecule has 34 heavy (non-hydrogen) atoms. The van der Waals surface area contributed by atoms with Crippen molar-refractivity contribution in [2.75, 3.05) is 24.9 Å². The van der Waals surface area contributed by atoms with Crippen LogP contribution in [0.25, 0.3) is 11.1 Å². The van der Waals surface area contributed by atoms with Crippen molar-refractivity contribution in [3.63, 3.8) is 0 Å². The molecule has 3 aromatic rings. The number of amides is 1. The molecule has 1 aliphatic rings. The second-order valence-corrected chi connectivity index (χ2v) is 9.98. The molecular formula is C24H21ClF2N2O4S. The Bertz CT molecular complexity index is 1340. The van der Waals surface area contributed by atoms with Crippen molar-refractivity contribution in [2.45, 2.75) is 17.4 Å². The van der Waals surface area contributed by atoms with Crippen LogP contribution >= 0.6 is 11.6 Å². The van der Waals surface area contributed by atoms with Gasteiger partial charge in [-0.05, 0) is 36.2 Å². The molecule has 1 heterocycles. The zero-order valence-corrected chi connectivity index (χ0v) is 19.7. The van der Waals surface area contributed by atoms with E-state index in [9.17, 15) is 22.0 Å². The summed E-state index contributed by atoms with van der Waals surface area (Å²) >= 11 is 6.11. The highest BCUT2D eigenvalue weighted by molar-refractivity contribution is 7.92. The summed E-state index contributed by atoms with van der Waals surface area (Å²) in [5.41, 5.74) is 0.129. The van der Waals surface area contributed by atoms with Gasteiger partial charge in [0, 0.05) is 42.4 Å². The van der Waals surface area contributed by atoms with Crippen LogP contribution in [0.15, 0.2) is 65.6 Å². The molecule has 0 aliphatic carbocycles. The fraction of sp³-hybridized carbons (Fsp3) is 0.208. The number of ether oxygens (including phenoxy) is 1. The molecule has 0 aromatic heterocycles. The maximum atomic E-state index is 14.5. The van der Waals surface area contributed by atoms with Gasteiger partial charge >= 0.3 is 0 Å². The second kappa shape index (κ2) is 9.69. The van der Waals surface area contributed by atoms with E-state index in [-0.39, 0.29) is 27.1 Å². The number of carbonyl (C=O) groups is 1. The predicted octanol–water partition coefficient (Wildman–Crippen LogP) is 4.95. The number of anilines is 1. The molecule has 4 rings (SSSR count). The zero-order valence-electron chi connectivity index (χ0n) is 18.1. The lowest BCUT2D eigenvalue weighted by Crippen LogP contribution is -2.30. The van der Waals surface area contributed by atoms with E-state index in [4.69, 9.17) is 16.3 Å². The van der Waals surface area contributed by atoms with Crippen molar-refractivity contribution in [2.24, 2.45) is 0 Å². The van der Waals surface area contributed by atoms with Crippen LogP contribution in [0.1, 0.15) is 16.8 Å². The van der Waals surface area contributed by atoms with Gasteiger partial charge in [0.05, 0.1) is 16.7 Å². The maximum Gasteiger partial charge on any atom is 0.262 e. The van der Waals surface area contributed by atoms with Crippen LogP contribution in [0.5, 0.6) is 0 Å². The van der Waals surface area contributed by atoms with Gasteiger partial charge in [0.25, 0.3) is 15.9 Å². The Morgan fingerprint density at radius 3 is 2.50 bits per heavy atom. The van der Waals surface area contributed by atoms with Gasteiger partial charge < -0.3 is 9.64 Å². The third kappa shape index (κ3) is 5.06. The Hall–Kier alpha value is -3.01. The summed E-state index contributed by atoms with van der Waals surface area (Å²) in [6.45, 7) is 0.846. The monoisotopic (exact) mass is 506 g/mol. The van der Waals surface area contributed by atoms with Gasteiger partial charge in [-0.1, -0.05) is 41.9 Å². The highest BCUT2D eigenvalue weighted by Gasteiger charge is 2.28. The number of carbonyl (C=O) groups excluding carboxylic acids is 1. The number of hydrogen-bond donors (Lipinski definition) is 1. The average Bonchev–Trinajstić information content (AvgIpc) is 3.30. The van der Waals surface area contributed by atoms with Gasteiger partial charge in [-0.3, -0.25) is 9.52 Å². The van der Waals surface area contributed by atoms with Crippen molar-refractivity contribution < 1.29 is 26.7 Å². The number of halogens is 3. The van der Waals surface area contributed by atoms with E-state index in [0.717, 1.165) is 12.1 Å². The summed E-state index contributed by atoms with van der Waals surface area (Å²) in [6.07, 6.45) is 0.580. The van der Waals surface area contributed by atoms with Crippen molar-refractivity contribution in [1.82, 2.24) is 4.90 Å². The molecule has 0 spiro atoms. The summed E-state index contributed by atoms with van der Waals surface area (Å²) in [5, 5.41) is 0.0262. The molecule has 1 N–H and O–H groups in total. The Kier molecular flexibility index (Phi) is 6.88. The zero-order chi connectivity index (χ0) is 24.5. The summed E-state index contributed by atoms with van der Waals surface area (Å²) in [7, 11) is -2.80. The first-order valence-electron chi connectivity index (χ1n) is 10.4. The first-order chi connectivity index (χ1) is 16.2. The SMILES string of the molecule is CO[C@H]1CCN(C(=O)c2cc(Cl)cc(S(=O)(=O)Nc3cc(-c4ccccc4)c(F)cc3F)c2)C1. The Labute approximate surface area is 201 Å².